The summed E-state index contributed by atoms with van der Waals surface area (Å²) in [4.78, 5) is 11.7. The van der Waals surface area contributed by atoms with Crippen molar-refractivity contribution in [2.45, 2.75) is 63.7 Å². The molecule has 0 aromatic heterocycles. The second kappa shape index (κ2) is 7.12. The van der Waals surface area contributed by atoms with Gasteiger partial charge < -0.3 is 10.4 Å². The summed E-state index contributed by atoms with van der Waals surface area (Å²) in [5.41, 5.74) is 0. The highest BCUT2D eigenvalue weighted by molar-refractivity contribution is 8.01. The van der Waals surface area contributed by atoms with Crippen LogP contribution in [0.5, 0.6) is 0 Å². The molecule has 3 nitrogen and oxygen atoms in total. The largest absolute Gasteiger partial charge is 0.392 e. The summed E-state index contributed by atoms with van der Waals surface area (Å²) in [6.45, 7) is 9.59. The highest BCUT2D eigenvalue weighted by Gasteiger charge is 2.20. The van der Waals surface area contributed by atoms with Gasteiger partial charge in [-0.2, -0.15) is 0 Å². The number of carbonyl (C=O) groups excluding carboxylic acids is 1. The molecular weight excluding hydrogens is 210 g/mol. The number of hydrogen-bond acceptors (Lipinski definition) is 3. The minimum Gasteiger partial charge on any atom is -0.392 e. The van der Waals surface area contributed by atoms with Gasteiger partial charge in [0.2, 0.25) is 5.91 Å². The first-order chi connectivity index (χ1) is 6.88. The number of aliphatic hydroxyl groups is 1. The Morgan fingerprint density at radius 1 is 1.33 bits per heavy atom. The average molecular weight is 233 g/mol. The van der Waals surface area contributed by atoms with Crippen molar-refractivity contribution in [2.75, 3.05) is 0 Å². The molecule has 4 unspecified atom stereocenters. The molecule has 0 fully saturated rings. The third-order valence-electron chi connectivity index (χ3n) is 2.47. The van der Waals surface area contributed by atoms with Crippen molar-refractivity contribution >= 4 is 17.7 Å². The van der Waals surface area contributed by atoms with Crippen molar-refractivity contribution in [3.63, 3.8) is 0 Å². The lowest BCUT2D eigenvalue weighted by molar-refractivity contribution is -0.120. The van der Waals surface area contributed by atoms with Crippen LogP contribution in [0.3, 0.4) is 0 Å². The normalized spacial score (nSPS) is 19.1. The molecule has 0 radical (unpaired) electrons. The molecule has 4 heteroatoms. The third-order valence-corrected chi connectivity index (χ3v) is 3.91. The first-order valence-corrected chi connectivity index (χ1v) is 6.46. The molecule has 15 heavy (non-hydrogen) atoms. The third kappa shape index (κ3) is 6.05. The smallest absolute Gasteiger partial charge is 0.233 e. The summed E-state index contributed by atoms with van der Waals surface area (Å²) in [6.07, 6.45) is 0.559. The van der Waals surface area contributed by atoms with E-state index in [4.69, 9.17) is 0 Å². The summed E-state index contributed by atoms with van der Waals surface area (Å²) in [5.74, 6) is 0.0573. The van der Waals surface area contributed by atoms with E-state index >= 15 is 0 Å². The van der Waals surface area contributed by atoms with Crippen LogP contribution in [-0.4, -0.2) is 33.7 Å². The fourth-order valence-electron chi connectivity index (χ4n) is 0.960. The number of nitrogens with one attached hydrogen (secondary N) is 1. The van der Waals surface area contributed by atoms with E-state index in [1.54, 1.807) is 6.92 Å². The van der Waals surface area contributed by atoms with Gasteiger partial charge in [0.1, 0.15) is 0 Å². The molecule has 4 atom stereocenters. The average Bonchev–Trinajstić information content (AvgIpc) is 2.16. The molecule has 0 saturated heterocycles. The minimum atomic E-state index is -0.381. The van der Waals surface area contributed by atoms with E-state index in [9.17, 15) is 9.90 Å². The SMILES string of the molecule is CCC(C)NC(=O)C(C)SC(C)C(C)O. The van der Waals surface area contributed by atoms with Gasteiger partial charge in [-0.25, -0.2) is 0 Å². The fourth-order valence-corrected chi connectivity index (χ4v) is 2.02. The zero-order chi connectivity index (χ0) is 12.0. The van der Waals surface area contributed by atoms with E-state index in [1.807, 2.05) is 27.7 Å². The van der Waals surface area contributed by atoms with E-state index in [2.05, 4.69) is 5.32 Å². The summed E-state index contributed by atoms with van der Waals surface area (Å²) in [7, 11) is 0. The zero-order valence-corrected chi connectivity index (χ0v) is 11.1. The molecule has 0 aromatic rings. The topological polar surface area (TPSA) is 49.3 Å². The Hall–Kier alpha value is -0.220. The zero-order valence-electron chi connectivity index (χ0n) is 10.3. The Kier molecular flexibility index (Phi) is 7.02. The van der Waals surface area contributed by atoms with Crippen LogP contribution in [0.2, 0.25) is 0 Å². The van der Waals surface area contributed by atoms with E-state index in [-0.39, 0.29) is 28.6 Å². The van der Waals surface area contributed by atoms with Crippen LogP contribution in [0.25, 0.3) is 0 Å². The lowest BCUT2D eigenvalue weighted by Crippen LogP contribution is -2.38. The lowest BCUT2D eigenvalue weighted by Gasteiger charge is -2.20. The van der Waals surface area contributed by atoms with Crippen LogP contribution >= 0.6 is 11.8 Å². The van der Waals surface area contributed by atoms with E-state index in [0.717, 1.165) is 6.42 Å². The van der Waals surface area contributed by atoms with Crippen molar-refractivity contribution in [3.05, 3.63) is 0 Å². The van der Waals surface area contributed by atoms with Gasteiger partial charge in [0.15, 0.2) is 0 Å². The molecule has 0 aromatic carbocycles. The molecule has 1 amide bonds. The Bertz CT molecular complexity index is 197. The van der Waals surface area contributed by atoms with Crippen LogP contribution in [-0.2, 0) is 4.79 Å². The van der Waals surface area contributed by atoms with Crippen molar-refractivity contribution in [2.24, 2.45) is 0 Å². The van der Waals surface area contributed by atoms with Gasteiger partial charge in [0.05, 0.1) is 11.4 Å². The van der Waals surface area contributed by atoms with Gasteiger partial charge in [-0.3, -0.25) is 4.79 Å². The predicted octanol–water partition coefficient (Wildman–Crippen LogP) is 1.79. The number of aliphatic hydroxyl groups excluding tert-OH is 1. The molecule has 0 spiro atoms. The molecule has 0 saturated carbocycles. The summed E-state index contributed by atoms with van der Waals surface area (Å²) in [6, 6.07) is 0.224. The van der Waals surface area contributed by atoms with Gasteiger partial charge in [0.25, 0.3) is 0 Å². The van der Waals surface area contributed by atoms with E-state index in [0.29, 0.717) is 0 Å². The second-order valence-electron chi connectivity index (χ2n) is 4.04. The maximum Gasteiger partial charge on any atom is 0.233 e. The maximum atomic E-state index is 11.7. The highest BCUT2D eigenvalue weighted by Crippen LogP contribution is 2.20. The molecule has 0 aliphatic rings. The van der Waals surface area contributed by atoms with Gasteiger partial charge in [-0.15, -0.1) is 11.8 Å². The van der Waals surface area contributed by atoms with Crippen LogP contribution in [0.4, 0.5) is 0 Å². The summed E-state index contributed by atoms with van der Waals surface area (Å²) < 4.78 is 0. The molecule has 2 N–H and O–H groups in total. The van der Waals surface area contributed by atoms with Crippen molar-refractivity contribution in [3.8, 4) is 0 Å². The lowest BCUT2D eigenvalue weighted by atomic mass is 10.2. The predicted molar refractivity (Wildman–Crippen MR) is 66.1 cm³/mol. The Balaban J connectivity index is 3.99. The van der Waals surface area contributed by atoms with Crippen molar-refractivity contribution in [1.82, 2.24) is 5.32 Å². The quantitative estimate of drug-likeness (QED) is 0.735. The number of carbonyl (C=O) groups is 1. The van der Waals surface area contributed by atoms with Crippen molar-refractivity contribution in [1.29, 1.82) is 0 Å². The molecular formula is C11H23NO2S. The van der Waals surface area contributed by atoms with Gasteiger partial charge in [-0.1, -0.05) is 13.8 Å². The molecule has 0 rings (SSSR count). The number of rotatable bonds is 6. The van der Waals surface area contributed by atoms with E-state index < -0.39 is 0 Å². The van der Waals surface area contributed by atoms with Gasteiger partial charge >= 0.3 is 0 Å². The van der Waals surface area contributed by atoms with Gasteiger partial charge in [-0.05, 0) is 27.2 Å². The van der Waals surface area contributed by atoms with Crippen LogP contribution in [0, 0.1) is 0 Å². The molecule has 0 aliphatic heterocycles. The first-order valence-electron chi connectivity index (χ1n) is 5.52. The van der Waals surface area contributed by atoms with Crippen LogP contribution in [0.1, 0.15) is 41.0 Å². The maximum absolute atomic E-state index is 11.7. The minimum absolute atomic E-state index is 0.0573. The Morgan fingerprint density at radius 3 is 2.27 bits per heavy atom. The number of amides is 1. The highest BCUT2D eigenvalue weighted by atomic mass is 32.2. The van der Waals surface area contributed by atoms with Crippen LogP contribution in [0.15, 0.2) is 0 Å². The molecule has 0 aliphatic carbocycles. The Labute approximate surface area is 97.0 Å². The van der Waals surface area contributed by atoms with E-state index in [1.165, 1.54) is 11.8 Å². The number of thioether (sulfide) groups is 1. The van der Waals surface area contributed by atoms with Crippen molar-refractivity contribution < 1.29 is 9.90 Å². The number of hydrogen-bond donors (Lipinski definition) is 2. The summed E-state index contributed by atoms with van der Waals surface area (Å²) >= 11 is 1.51. The molecule has 0 bridgehead atoms. The first kappa shape index (κ1) is 14.8. The second-order valence-corrected chi connectivity index (χ2v) is 5.76. The Morgan fingerprint density at radius 2 is 1.87 bits per heavy atom. The molecule has 0 heterocycles. The monoisotopic (exact) mass is 233 g/mol. The molecule has 90 valence electrons. The summed E-state index contributed by atoms with van der Waals surface area (Å²) in [5, 5.41) is 12.2. The standard InChI is InChI=1S/C11H23NO2S/c1-6-7(2)12-11(14)10(5)15-9(4)8(3)13/h7-10,13H,6H2,1-5H3,(H,12,14). The van der Waals surface area contributed by atoms with Crippen LogP contribution < -0.4 is 5.32 Å². The van der Waals surface area contributed by atoms with Gasteiger partial charge in [0, 0.05) is 11.3 Å². The fraction of sp³-hybridized carbons (Fsp3) is 0.909.